The van der Waals surface area contributed by atoms with Gasteiger partial charge in [-0.15, -0.1) is 0 Å². The van der Waals surface area contributed by atoms with Gasteiger partial charge in [0.05, 0.1) is 0 Å². The van der Waals surface area contributed by atoms with Crippen LogP contribution in [0.4, 0.5) is 0 Å². The summed E-state index contributed by atoms with van der Waals surface area (Å²) >= 11 is 0. The van der Waals surface area contributed by atoms with Crippen molar-refractivity contribution in [2.75, 3.05) is 13.1 Å². The van der Waals surface area contributed by atoms with Crippen LogP contribution in [0, 0.1) is 0 Å². The standard InChI is InChI=1S/C15H32N2/c1-5-14-11-9-8-10-12-17(14)13(4)15(6-2)16-7-3/h13-16H,5-12H2,1-4H3. The van der Waals surface area contributed by atoms with Crippen LogP contribution >= 0.6 is 0 Å². The van der Waals surface area contributed by atoms with Crippen LogP contribution in [0.3, 0.4) is 0 Å². The summed E-state index contributed by atoms with van der Waals surface area (Å²) in [6, 6.07) is 2.16. The number of hydrogen-bond donors (Lipinski definition) is 1. The van der Waals surface area contributed by atoms with Crippen molar-refractivity contribution in [3.05, 3.63) is 0 Å². The van der Waals surface area contributed by atoms with Gasteiger partial charge in [0.25, 0.3) is 0 Å². The lowest BCUT2D eigenvalue weighted by Gasteiger charge is -2.39. The first-order valence-electron chi connectivity index (χ1n) is 7.73. The molecule has 1 N–H and O–H groups in total. The van der Waals surface area contributed by atoms with Crippen LogP contribution in [0.25, 0.3) is 0 Å². The summed E-state index contributed by atoms with van der Waals surface area (Å²) < 4.78 is 0. The van der Waals surface area contributed by atoms with Crippen molar-refractivity contribution >= 4 is 0 Å². The van der Waals surface area contributed by atoms with E-state index in [1.807, 2.05) is 0 Å². The van der Waals surface area contributed by atoms with Gasteiger partial charge in [-0.1, -0.05) is 33.6 Å². The topological polar surface area (TPSA) is 15.3 Å². The molecule has 1 aliphatic rings. The Bertz CT molecular complexity index is 193. The van der Waals surface area contributed by atoms with Crippen LogP contribution in [0.2, 0.25) is 0 Å². The third kappa shape index (κ3) is 4.26. The van der Waals surface area contributed by atoms with E-state index in [2.05, 4.69) is 37.9 Å². The van der Waals surface area contributed by atoms with E-state index in [0.29, 0.717) is 12.1 Å². The number of rotatable bonds is 6. The van der Waals surface area contributed by atoms with Gasteiger partial charge >= 0.3 is 0 Å². The minimum atomic E-state index is 0.659. The predicted molar refractivity (Wildman–Crippen MR) is 76.5 cm³/mol. The summed E-state index contributed by atoms with van der Waals surface area (Å²) in [4.78, 5) is 2.78. The molecule has 1 heterocycles. The predicted octanol–water partition coefficient (Wildman–Crippen LogP) is 3.42. The Hall–Kier alpha value is -0.0800. The molecule has 102 valence electrons. The lowest BCUT2D eigenvalue weighted by molar-refractivity contribution is 0.113. The van der Waals surface area contributed by atoms with E-state index < -0.39 is 0 Å². The molecule has 0 aromatic heterocycles. The first-order chi connectivity index (χ1) is 8.24. The Balaban J connectivity index is 2.64. The second kappa shape index (κ2) is 8.10. The summed E-state index contributed by atoms with van der Waals surface area (Å²) in [5.74, 6) is 0. The highest BCUT2D eigenvalue weighted by Crippen LogP contribution is 2.23. The van der Waals surface area contributed by atoms with Crippen LogP contribution in [0.15, 0.2) is 0 Å². The molecule has 0 saturated carbocycles. The van der Waals surface area contributed by atoms with Gasteiger partial charge in [0.15, 0.2) is 0 Å². The minimum absolute atomic E-state index is 0.659. The largest absolute Gasteiger partial charge is 0.313 e. The van der Waals surface area contributed by atoms with Crippen molar-refractivity contribution < 1.29 is 0 Å². The number of likely N-dealkylation sites (tertiary alicyclic amines) is 1. The lowest BCUT2D eigenvalue weighted by Crippen LogP contribution is -2.51. The van der Waals surface area contributed by atoms with Crippen LogP contribution in [0.1, 0.15) is 66.2 Å². The molecule has 0 aromatic carbocycles. The lowest BCUT2D eigenvalue weighted by atomic mass is 10.0. The third-order valence-corrected chi connectivity index (χ3v) is 4.41. The summed E-state index contributed by atoms with van der Waals surface area (Å²) in [5.41, 5.74) is 0. The number of hydrogen-bond acceptors (Lipinski definition) is 2. The molecule has 0 aliphatic carbocycles. The summed E-state index contributed by atoms with van der Waals surface area (Å²) in [7, 11) is 0. The molecule has 1 aliphatic heterocycles. The molecule has 17 heavy (non-hydrogen) atoms. The Morgan fingerprint density at radius 3 is 2.53 bits per heavy atom. The highest BCUT2D eigenvalue weighted by Gasteiger charge is 2.27. The molecule has 2 nitrogen and oxygen atoms in total. The second-order valence-electron chi connectivity index (χ2n) is 5.46. The number of nitrogens with zero attached hydrogens (tertiary/aromatic N) is 1. The second-order valence-corrected chi connectivity index (χ2v) is 5.46. The van der Waals surface area contributed by atoms with Gasteiger partial charge < -0.3 is 5.32 Å². The highest BCUT2D eigenvalue weighted by atomic mass is 15.2. The van der Waals surface area contributed by atoms with Crippen molar-refractivity contribution in [2.45, 2.75) is 84.3 Å². The van der Waals surface area contributed by atoms with Crippen molar-refractivity contribution in [1.82, 2.24) is 10.2 Å². The SMILES string of the molecule is CCNC(CC)C(C)N1CCCCCC1CC. The Kier molecular flexibility index (Phi) is 7.14. The van der Waals surface area contributed by atoms with E-state index in [1.54, 1.807) is 0 Å². The fourth-order valence-corrected chi connectivity index (χ4v) is 3.32. The molecule has 3 unspecified atom stereocenters. The normalized spacial score (nSPS) is 26.5. The van der Waals surface area contributed by atoms with Gasteiger partial charge in [-0.05, 0) is 45.7 Å². The van der Waals surface area contributed by atoms with Crippen molar-refractivity contribution in [3.8, 4) is 0 Å². The van der Waals surface area contributed by atoms with Gasteiger partial charge in [0, 0.05) is 18.1 Å². The van der Waals surface area contributed by atoms with E-state index in [1.165, 1.54) is 45.1 Å². The molecule has 0 amide bonds. The van der Waals surface area contributed by atoms with Crippen molar-refractivity contribution in [3.63, 3.8) is 0 Å². The Morgan fingerprint density at radius 2 is 1.94 bits per heavy atom. The Labute approximate surface area is 108 Å². The van der Waals surface area contributed by atoms with Crippen LogP contribution in [0.5, 0.6) is 0 Å². The van der Waals surface area contributed by atoms with Gasteiger partial charge in [0.1, 0.15) is 0 Å². The zero-order chi connectivity index (χ0) is 12.7. The molecular weight excluding hydrogens is 208 g/mol. The quantitative estimate of drug-likeness (QED) is 0.765. The zero-order valence-electron chi connectivity index (χ0n) is 12.3. The maximum absolute atomic E-state index is 3.65. The molecule has 1 fully saturated rings. The van der Waals surface area contributed by atoms with Gasteiger partial charge in [0.2, 0.25) is 0 Å². The highest BCUT2D eigenvalue weighted by molar-refractivity contribution is 4.85. The zero-order valence-corrected chi connectivity index (χ0v) is 12.3. The fourth-order valence-electron chi connectivity index (χ4n) is 3.32. The smallest absolute Gasteiger partial charge is 0.0223 e. The first kappa shape index (κ1) is 15.0. The van der Waals surface area contributed by atoms with Crippen LogP contribution in [-0.2, 0) is 0 Å². The van der Waals surface area contributed by atoms with E-state index in [9.17, 15) is 0 Å². The molecule has 0 spiro atoms. The summed E-state index contributed by atoms with van der Waals surface area (Å²) in [6.45, 7) is 11.7. The molecule has 2 heteroatoms. The molecule has 0 aromatic rings. The first-order valence-corrected chi connectivity index (χ1v) is 7.73. The molecular formula is C15H32N2. The average Bonchev–Trinajstić information content (AvgIpc) is 2.59. The van der Waals surface area contributed by atoms with E-state index >= 15 is 0 Å². The molecule has 3 atom stereocenters. The minimum Gasteiger partial charge on any atom is -0.313 e. The van der Waals surface area contributed by atoms with Gasteiger partial charge in [-0.3, -0.25) is 4.90 Å². The molecule has 1 rings (SSSR count). The Morgan fingerprint density at radius 1 is 1.18 bits per heavy atom. The van der Waals surface area contributed by atoms with E-state index in [4.69, 9.17) is 0 Å². The van der Waals surface area contributed by atoms with Crippen LogP contribution < -0.4 is 5.32 Å². The number of nitrogens with one attached hydrogen (secondary N) is 1. The number of likely N-dealkylation sites (N-methyl/N-ethyl adjacent to an activating group) is 1. The summed E-state index contributed by atoms with van der Waals surface area (Å²) in [6.07, 6.45) is 8.21. The van der Waals surface area contributed by atoms with E-state index in [0.717, 1.165) is 12.6 Å². The maximum atomic E-state index is 3.65. The fraction of sp³-hybridized carbons (Fsp3) is 1.00. The molecule has 1 saturated heterocycles. The van der Waals surface area contributed by atoms with Crippen LogP contribution in [-0.4, -0.2) is 36.1 Å². The summed E-state index contributed by atoms with van der Waals surface area (Å²) in [5, 5.41) is 3.65. The van der Waals surface area contributed by atoms with E-state index in [-0.39, 0.29) is 0 Å². The van der Waals surface area contributed by atoms with Crippen molar-refractivity contribution in [1.29, 1.82) is 0 Å². The maximum Gasteiger partial charge on any atom is 0.0223 e. The molecule has 0 bridgehead atoms. The van der Waals surface area contributed by atoms with Gasteiger partial charge in [-0.25, -0.2) is 0 Å². The monoisotopic (exact) mass is 240 g/mol. The molecule has 0 radical (unpaired) electrons. The van der Waals surface area contributed by atoms with Gasteiger partial charge in [-0.2, -0.15) is 0 Å². The third-order valence-electron chi connectivity index (χ3n) is 4.41. The average molecular weight is 240 g/mol. The van der Waals surface area contributed by atoms with Crippen molar-refractivity contribution in [2.24, 2.45) is 0 Å².